The Hall–Kier alpha value is -0.910. The molecule has 0 aliphatic heterocycles. The van der Waals surface area contributed by atoms with Crippen molar-refractivity contribution >= 4 is 17.4 Å². The lowest BCUT2D eigenvalue weighted by molar-refractivity contribution is 0.0365. The fourth-order valence-corrected chi connectivity index (χ4v) is 1.98. The van der Waals surface area contributed by atoms with E-state index in [1.54, 1.807) is 14.2 Å². The smallest absolute Gasteiger partial charge is 0.138 e. The lowest BCUT2D eigenvalue weighted by Gasteiger charge is -2.18. The van der Waals surface area contributed by atoms with Crippen LogP contribution >= 0.6 is 11.6 Å². The van der Waals surface area contributed by atoms with Crippen LogP contribution in [0.3, 0.4) is 0 Å². The van der Waals surface area contributed by atoms with Gasteiger partial charge in [0.25, 0.3) is 0 Å². The number of aromatic nitrogens is 2. The number of nitrogens with zero attached hydrogens (tertiary/aromatic N) is 2. The van der Waals surface area contributed by atoms with Crippen LogP contribution in [0.1, 0.15) is 25.3 Å². The highest BCUT2D eigenvalue weighted by molar-refractivity contribution is 6.30. The molecule has 1 aromatic heterocycles. The topological polar surface area (TPSA) is 56.3 Å². The van der Waals surface area contributed by atoms with E-state index in [4.69, 9.17) is 21.1 Å². The number of anilines is 1. The molecule has 5 nitrogen and oxygen atoms in total. The van der Waals surface area contributed by atoms with Crippen LogP contribution < -0.4 is 5.32 Å². The van der Waals surface area contributed by atoms with E-state index < -0.39 is 0 Å². The second kappa shape index (κ2) is 7.51. The number of nitrogens with one attached hydrogen (secondary N) is 1. The predicted molar refractivity (Wildman–Crippen MR) is 72.3 cm³/mol. The monoisotopic (exact) mass is 273 g/mol. The molecule has 102 valence electrons. The van der Waals surface area contributed by atoms with Crippen molar-refractivity contribution in [2.24, 2.45) is 0 Å². The van der Waals surface area contributed by atoms with E-state index in [1.807, 2.05) is 0 Å². The molecular weight excluding hydrogens is 254 g/mol. The van der Waals surface area contributed by atoms with Crippen molar-refractivity contribution in [1.82, 2.24) is 9.97 Å². The minimum Gasteiger partial charge on any atom is -0.382 e. The summed E-state index contributed by atoms with van der Waals surface area (Å²) in [6.45, 7) is 5.24. The Bertz CT molecular complexity index is 374. The molecule has 0 bridgehead atoms. The van der Waals surface area contributed by atoms with Gasteiger partial charge in [-0.05, 0) is 5.92 Å². The summed E-state index contributed by atoms with van der Waals surface area (Å²) < 4.78 is 10.3. The van der Waals surface area contributed by atoms with Gasteiger partial charge in [0.15, 0.2) is 0 Å². The molecule has 1 aromatic rings. The fourth-order valence-electron chi connectivity index (χ4n) is 1.63. The van der Waals surface area contributed by atoms with Crippen molar-refractivity contribution < 1.29 is 9.47 Å². The van der Waals surface area contributed by atoms with Gasteiger partial charge in [-0.15, -0.1) is 0 Å². The first-order chi connectivity index (χ1) is 8.60. The Morgan fingerprint density at radius 2 is 2.06 bits per heavy atom. The highest BCUT2D eigenvalue weighted by Crippen LogP contribution is 2.27. The van der Waals surface area contributed by atoms with Crippen LogP contribution in [0.4, 0.5) is 5.82 Å². The van der Waals surface area contributed by atoms with E-state index in [0.717, 1.165) is 11.4 Å². The third-order valence-corrected chi connectivity index (χ3v) is 2.90. The molecule has 1 rings (SSSR count). The molecule has 0 aromatic carbocycles. The minimum atomic E-state index is -0.0243. The van der Waals surface area contributed by atoms with Crippen LogP contribution in [0.2, 0.25) is 5.15 Å². The largest absolute Gasteiger partial charge is 0.382 e. The Morgan fingerprint density at radius 3 is 2.61 bits per heavy atom. The van der Waals surface area contributed by atoms with E-state index in [9.17, 15) is 0 Å². The fraction of sp³-hybridized carbons (Fsp3) is 0.667. The summed E-state index contributed by atoms with van der Waals surface area (Å²) in [5.41, 5.74) is 0.923. The third kappa shape index (κ3) is 4.08. The quantitative estimate of drug-likeness (QED) is 0.773. The molecule has 0 aliphatic rings. The molecule has 18 heavy (non-hydrogen) atoms. The lowest BCUT2D eigenvalue weighted by Crippen LogP contribution is -2.27. The molecule has 0 aliphatic carbocycles. The summed E-state index contributed by atoms with van der Waals surface area (Å²) >= 11 is 6.09. The Balaban J connectivity index is 2.75. The maximum absolute atomic E-state index is 6.09. The van der Waals surface area contributed by atoms with Crippen molar-refractivity contribution in [3.05, 3.63) is 17.0 Å². The average Bonchev–Trinajstić information content (AvgIpc) is 2.33. The molecule has 0 spiro atoms. The highest BCUT2D eigenvalue weighted by Gasteiger charge is 2.15. The molecule has 0 radical (unpaired) electrons. The summed E-state index contributed by atoms with van der Waals surface area (Å²) in [6, 6.07) is 0. The van der Waals surface area contributed by atoms with Gasteiger partial charge in [-0.1, -0.05) is 25.4 Å². The van der Waals surface area contributed by atoms with Crippen molar-refractivity contribution in [1.29, 1.82) is 0 Å². The summed E-state index contributed by atoms with van der Waals surface area (Å²) in [6.07, 6.45) is 1.43. The molecule has 0 saturated heterocycles. The summed E-state index contributed by atoms with van der Waals surface area (Å²) in [4.78, 5) is 8.23. The van der Waals surface area contributed by atoms with Gasteiger partial charge in [-0.2, -0.15) is 0 Å². The standard InChI is InChI=1S/C12H20ClN3O2/c1-8(2)10-11(13)15-7-16-12(10)14-5-9(18-4)6-17-3/h7-9H,5-6H2,1-4H3,(H,14,15,16). The third-order valence-electron chi connectivity index (χ3n) is 2.60. The van der Waals surface area contributed by atoms with Crippen LogP contribution in [0, 0.1) is 0 Å². The zero-order valence-electron chi connectivity index (χ0n) is 11.2. The zero-order chi connectivity index (χ0) is 13.5. The molecule has 1 unspecified atom stereocenters. The van der Waals surface area contributed by atoms with Crippen molar-refractivity contribution in [2.45, 2.75) is 25.9 Å². The van der Waals surface area contributed by atoms with Gasteiger partial charge in [0, 0.05) is 26.3 Å². The first-order valence-electron chi connectivity index (χ1n) is 5.86. The van der Waals surface area contributed by atoms with Gasteiger partial charge in [0.1, 0.15) is 17.3 Å². The van der Waals surface area contributed by atoms with Gasteiger partial charge >= 0.3 is 0 Å². The second-order valence-electron chi connectivity index (χ2n) is 4.28. The Labute approximate surface area is 113 Å². The van der Waals surface area contributed by atoms with E-state index >= 15 is 0 Å². The summed E-state index contributed by atoms with van der Waals surface area (Å²) in [5.74, 6) is 1.01. The first kappa shape index (κ1) is 15.1. The molecule has 1 heterocycles. The molecule has 0 saturated carbocycles. The van der Waals surface area contributed by atoms with Crippen LogP contribution in [0.5, 0.6) is 0 Å². The zero-order valence-corrected chi connectivity index (χ0v) is 12.0. The molecule has 6 heteroatoms. The maximum Gasteiger partial charge on any atom is 0.138 e. The SMILES string of the molecule is COCC(CNc1ncnc(Cl)c1C(C)C)OC. The number of methoxy groups -OCH3 is 2. The van der Waals surface area contributed by atoms with Crippen LogP contribution in [0.25, 0.3) is 0 Å². The normalized spacial score (nSPS) is 12.8. The average molecular weight is 274 g/mol. The van der Waals surface area contributed by atoms with E-state index in [0.29, 0.717) is 18.3 Å². The van der Waals surface area contributed by atoms with Crippen molar-refractivity contribution in [2.75, 3.05) is 32.7 Å². The molecule has 0 fully saturated rings. The van der Waals surface area contributed by atoms with Gasteiger partial charge in [0.2, 0.25) is 0 Å². The van der Waals surface area contributed by atoms with E-state index in [2.05, 4.69) is 29.1 Å². The first-order valence-corrected chi connectivity index (χ1v) is 6.23. The number of rotatable bonds is 7. The number of hydrogen-bond donors (Lipinski definition) is 1. The van der Waals surface area contributed by atoms with E-state index in [-0.39, 0.29) is 12.0 Å². The minimum absolute atomic E-state index is 0.0243. The summed E-state index contributed by atoms with van der Waals surface area (Å²) in [7, 11) is 3.30. The van der Waals surface area contributed by atoms with Gasteiger partial charge in [0.05, 0.1) is 12.7 Å². The van der Waals surface area contributed by atoms with Crippen molar-refractivity contribution in [3.8, 4) is 0 Å². The van der Waals surface area contributed by atoms with Gasteiger partial charge in [-0.25, -0.2) is 9.97 Å². The molecular formula is C12H20ClN3O2. The Kier molecular flexibility index (Phi) is 6.32. The van der Waals surface area contributed by atoms with Crippen LogP contribution in [-0.2, 0) is 9.47 Å². The van der Waals surface area contributed by atoms with Gasteiger partial charge < -0.3 is 14.8 Å². The molecule has 1 atom stereocenters. The van der Waals surface area contributed by atoms with Crippen LogP contribution in [-0.4, -0.2) is 43.4 Å². The number of halogens is 1. The molecule has 1 N–H and O–H groups in total. The Morgan fingerprint density at radius 1 is 1.33 bits per heavy atom. The lowest BCUT2D eigenvalue weighted by atomic mass is 10.1. The van der Waals surface area contributed by atoms with Gasteiger partial charge in [-0.3, -0.25) is 0 Å². The van der Waals surface area contributed by atoms with Crippen molar-refractivity contribution in [3.63, 3.8) is 0 Å². The predicted octanol–water partition coefficient (Wildman–Crippen LogP) is 2.33. The number of hydrogen-bond acceptors (Lipinski definition) is 5. The van der Waals surface area contributed by atoms with E-state index in [1.165, 1.54) is 6.33 Å². The summed E-state index contributed by atoms with van der Waals surface area (Å²) in [5, 5.41) is 3.72. The second-order valence-corrected chi connectivity index (χ2v) is 4.63. The van der Waals surface area contributed by atoms with Crippen LogP contribution in [0.15, 0.2) is 6.33 Å². The number of ether oxygens (including phenoxy) is 2. The molecule has 0 amide bonds. The highest BCUT2D eigenvalue weighted by atomic mass is 35.5. The maximum atomic E-state index is 6.09.